The summed E-state index contributed by atoms with van der Waals surface area (Å²) in [5.74, 6) is -2.03. The van der Waals surface area contributed by atoms with Gasteiger partial charge < -0.3 is 25.0 Å². The van der Waals surface area contributed by atoms with E-state index in [1.807, 2.05) is 0 Å². The summed E-state index contributed by atoms with van der Waals surface area (Å²) in [6.45, 7) is -0.0930. The highest BCUT2D eigenvalue weighted by Crippen LogP contribution is 2.34. The molecule has 0 bridgehead atoms. The van der Waals surface area contributed by atoms with Crippen molar-refractivity contribution in [3.63, 3.8) is 0 Å². The zero-order valence-electron chi connectivity index (χ0n) is 22.5. The molecular weight excluding hydrogens is 605 g/mol. The van der Waals surface area contributed by atoms with Crippen molar-refractivity contribution in [1.29, 1.82) is 0 Å². The molecule has 12 nitrogen and oxygen atoms in total. The Balaban J connectivity index is 1.62. The molecule has 1 aromatic carbocycles. The number of nitrogens with two attached hydrogens (primary N) is 1. The number of carbonyl (C=O) groups excluding carboxylic acids is 2. The number of methoxy groups -OCH3 is 1. The molecule has 42 heavy (non-hydrogen) atoms. The Bertz CT molecular complexity index is 1640. The molecule has 4 rings (SSSR count). The Kier molecular flexibility index (Phi) is 8.71. The van der Waals surface area contributed by atoms with Crippen LogP contribution in [-0.4, -0.2) is 81.4 Å². The van der Waals surface area contributed by atoms with E-state index in [4.69, 9.17) is 22.1 Å². The predicted octanol–water partition coefficient (Wildman–Crippen LogP) is 2.49. The summed E-state index contributed by atoms with van der Waals surface area (Å²) in [4.78, 5) is 36.4. The lowest BCUT2D eigenvalue weighted by Crippen LogP contribution is -2.48. The van der Waals surface area contributed by atoms with Crippen LogP contribution in [-0.2, 0) is 30.8 Å². The monoisotopic (exact) mass is 630 g/mol. The van der Waals surface area contributed by atoms with Gasteiger partial charge >= 0.3 is 12.3 Å². The first-order valence-corrected chi connectivity index (χ1v) is 14.1. The van der Waals surface area contributed by atoms with Crippen molar-refractivity contribution >= 4 is 55.9 Å². The lowest BCUT2D eigenvalue weighted by Gasteiger charge is -2.27. The van der Waals surface area contributed by atoms with Crippen LogP contribution in [0, 0.1) is 0 Å². The molecule has 226 valence electrons. The summed E-state index contributed by atoms with van der Waals surface area (Å²) in [5.41, 5.74) is 5.75. The van der Waals surface area contributed by atoms with Crippen molar-refractivity contribution in [3.05, 3.63) is 47.2 Å². The number of rotatable bonds is 9. The maximum Gasteiger partial charge on any atom is 0.573 e. The fraction of sp³-hybridized carbons (Fsp3) is 0.360. The van der Waals surface area contributed by atoms with Gasteiger partial charge in [0.1, 0.15) is 34.4 Å². The molecule has 3 aromatic rings. The van der Waals surface area contributed by atoms with Crippen LogP contribution in [0.1, 0.15) is 12.0 Å². The Labute approximate surface area is 243 Å². The third kappa shape index (κ3) is 6.60. The number of fused-ring (bicyclic) bond motifs is 1. The van der Waals surface area contributed by atoms with E-state index in [0.717, 1.165) is 24.3 Å². The maximum absolute atomic E-state index is 13.4. The van der Waals surface area contributed by atoms with Crippen molar-refractivity contribution in [2.75, 3.05) is 38.4 Å². The van der Waals surface area contributed by atoms with Gasteiger partial charge in [-0.05, 0) is 41.6 Å². The number of alkyl halides is 3. The van der Waals surface area contributed by atoms with Crippen molar-refractivity contribution in [2.24, 2.45) is 0 Å². The number of sulfonamides is 1. The molecule has 0 radical (unpaired) electrons. The zero-order chi connectivity index (χ0) is 31.0. The van der Waals surface area contributed by atoms with Gasteiger partial charge in [0.15, 0.2) is 0 Å². The molecule has 1 aliphatic rings. The number of nitrogens with zero attached hydrogens (tertiary/aromatic N) is 4. The number of anilines is 2. The van der Waals surface area contributed by atoms with Crippen LogP contribution in [0.4, 0.5) is 24.8 Å². The summed E-state index contributed by atoms with van der Waals surface area (Å²) < 4.78 is 77.3. The number of hydrogen-bond donors (Lipinski definition) is 2. The van der Waals surface area contributed by atoms with E-state index in [-0.39, 0.29) is 39.7 Å². The highest BCUT2D eigenvalue weighted by molar-refractivity contribution is 7.89. The van der Waals surface area contributed by atoms with Crippen LogP contribution in [0.3, 0.4) is 0 Å². The molecule has 2 atom stereocenters. The molecule has 3 N–H and O–H groups in total. The third-order valence-electron chi connectivity index (χ3n) is 6.53. The molecule has 0 saturated carbocycles. The third-order valence-corrected chi connectivity index (χ3v) is 8.25. The molecule has 3 heterocycles. The van der Waals surface area contributed by atoms with Crippen LogP contribution in [0.15, 0.2) is 41.6 Å². The molecule has 2 unspecified atom stereocenters. The summed E-state index contributed by atoms with van der Waals surface area (Å²) >= 11 is 6.15. The first-order chi connectivity index (χ1) is 19.6. The van der Waals surface area contributed by atoms with Crippen molar-refractivity contribution in [1.82, 2.24) is 19.6 Å². The van der Waals surface area contributed by atoms with Crippen LogP contribution < -0.4 is 20.1 Å². The van der Waals surface area contributed by atoms with Gasteiger partial charge in [-0.15, -0.1) is 13.2 Å². The number of esters is 1. The van der Waals surface area contributed by atoms with Gasteiger partial charge in [0.05, 0.1) is 12.1 Å². The van der Waals surface area contributed by atoms with Gasteiger partial charge in [0.25, 0.3) is 0 Å². The molecule has 17 heteroatoms. The van der Waals surface area contributed by atoms with Crippen molar-refractivity contribution in [2.45, 2.75) is 36.2 Å². The fourth-order valence-electron chi connectivity index (χ4n) is 4.58. The first kappa shape index (κ1) is 31.1. The number of likely N-dealkylation sites (tertiary alicyclic amines) is 1. The number of aromatic nitrogens is 2. The second kappa shape index (κ2) is 11.8. The Morgan fingerprint density at radius 1 is 1.29 bits per heavy atom. The number of carbonyl (C=O) groups is 2. The van der Waals surface area contributed by atoms with Gasteiger partial charge in [-0.2, -0.15) is 4.72 Å². The quantitative estimate of drug-likeness (QED) is 0.337. The van der Waals surface area contributed by atoms with Crippen molar-refractivity contribution in [3.8, 4) is 5.75 Å². The van der Waals surface area contributed by atoms with Gasteiger partial charge in [0.2, 0.25) is 15.9 Å². The highest BCUT2D eigenvalue weighted by atomic mass is 35.5. The molecule has 0 aliphatic carbocycles. The van der Waals surface area contributed by atoms with E-state index < -0.39 is 52.5 Å². The number of nitrogen functional groups attached to an aromatic ring is 1. The summed E-state index contributed by atoms with van der Waals surface area (Å²) in [6, 6.07) is 2.42. The lowest BCUT2D eigenvalue weighted by atomic mass is 10.00. The normalized spacial score (nSPS) is 16.5. The molecule has 2 aromatic heterocycles. The van der Waals surface area contributed by atoms with Gasteiger partial charge in [-0.25, -0.2) is 23.2 Å². The standard InChI is InChI=1S/C25H26ClF3N6O6S/c1-34(2)22-17(26)10-15(12-32-22)42(38,39)33-18-5-7-35(23(18)36)19(24(37)40-3)9-14-8-13-4-6-31-21(30)16(13)11-20(14)41-25(27,28)29/h4,6,8,10-12,18-19,33H,5,7,9H2,1-3H3,(H2,30,31). The number of nitrogens with one attached hydrogen (secondary N) is 1. The van der Waals surface area contributed by atoms with Crippen LogP contribution in [0.2, 0.25) is 5.02 Å². The largest absolute Gasteiger partial charge is 0.573 e. The maximum atomic E-state index is 13.4. The van der Waals surface area contributed by atoms with Crippen molar-refractivity contribution < 1.29 is 40.7 Å². The summed E-state index contributed by atoms with van der Waals surface area (Å²) in [7, 11) is 0.134. The lowest BCUT2D eigenvalue weighted by molar-refractivity contribution is -0.274. The average molecular weight is 631 g/mol. The number of halogens is 4. The van der Waals surface area contributed by atoms with Crippen LogP contribution >= 0.6 is 11.6 Å². The molecule has 1 aliphatic heterocycles. The van der Waals surface area contributed by atoms with E-state index in [1.54, 1.807) is 19.0 Å². The number of benzene rings is 1. The number of pyridine rings is 2. The Morgan fingerprint density at radius 3 is 2.62 bits per heavy atom. The minimum Gasteiger partial charge on any atom is -0.467 e. The Morgan fingerprint density at radius 2 is 2.00 bits per heavy atom. The number of ether oxygens (including phenoxy) is 2. The second-order valence-electron chi connectivity index (χ2n) is 9.53. The predicted molar refractivity (Wildman–Crippen MR) is 146 cm³/mol. The summed E-state index contributed by atoms with van der Waals surface area (Å²) in [5, 5.41) is 0.675. The van der Waals surface area contributed by atoms with E-state index >= 15 is 0 Å². The molecule has 1 saturated heterocycles. The molecule has 1 fully saturated rings. The topological polar surface area (TPSA) is 157 Å². The Hall–Kier alpha value is -3.89. The molecule has 1 amide bonds. The average Bonchev–Trinajstić information content (AvgIpc) is 3.25. The van der Waals surface area contributed by atoms with E-state index in [9.17, 15) is 31.2 Å². The minimum atomic E-state index is -5.07. The summed E-state index contributed by atoms with van der Waals surface area (Å²) in [6.07, 6.45) is -3.10. The molecular formula is C25H26ClF3N6O6S. The van der Waals surface area contributed by atoms with Gasteiger partial charge in [0, 0.05) is 44.8 Å². The zero-order valence-corrected chi connectivity index (χ0v) is 24.0. The van der Waals surface area contributed by atoms with Gasteiger partial charge in [-0.3, -0.25) is 4.79 Å². The number of amides is 1. The van der Waals surface area contributed by atoms with Crippen LogP contribution in [0.5, 0.6) is 5.75 Å². The smallest absolute Gasteiger partial charge is 0.467 e. The molecule has 0 spiro atoms. The van der Waals surface area contributed by atoms with E-state index in [0.29, 0.717) is 11.2 Å². The van der Waals surface area contributed by atoms with Gasteiger partial charge in [-0.1, -0.05) is 11.6 Å². The van der Waals surface area contributed by atoms with E-state index in [1.165, 1.54) is 24.4 Å². The van der Waals surface area contributed by atoms with E-state index in [2.05, 4.69) is 19.4 Å². The first-order valence-electron chi connectivity index (χ1n) is 12.3. The SMILES string of the molecule is COC(=O)C(Cc1cc2ccnc(N)c2cc1OC(F)(F)F)N1CCC(NS(=O)(=O)c2cnc(N(C)C)c(Cl)c2)C1=O. The fourth-order valence-corrected chi connectivity index (χ4v) is 6.17. The second-order valence-corrected chi connectivity index (χ2v) is 11.7. The van der Waals surface area contributed by atoms with Crippen LogP contribution in [0.25, 0.3) is 10.8 Å². The highest BCUT2D eigenvalue weighted by Gasteiger charge is 2.42. The number of hydrogen-bond acceptors (Lipinski definition) is 10. The minimum absolute atomic E-state index is 0.0334.